The maximum Gasteiger partial charge on any atom is 0.309 e. The van der Waals surface area contributed by atoms with Crippen molar-refractivity contribution in [3.63, 3.8) is 0 Å². The van der Waals surface area contributed by atoms with Crippen LogP contribution in [0, 0.1) is 12.8 Å². The Balaban J connectivity index is 1.48. The second-order valence-corrected chi connectivity index (χ2v) is 7.48. The van der Waals surface area contributed by atoms with E-state index in [2.05, 4.69) is 11.2 Å². The van der Waals surface area contributed by atoms with E-state index in [4.69, 9.17) is 9.15 Å². The quantitative estimate of drug-likeness (QED) is 0.566. The van der Waals surface area contributed by atoms with Crippen molar-refractivity contribution in [1.29, 1.82) is 0 Å². The average molecular weight is 392 g/mol. The third kappa shape index (κ3) is 4.31. The summed E-state index contributed by atoms with van der Waals surface area (Å²) in [6.07, 6.45) is 8.48. The van der Waals surface area contributed by atoms with Gasteiger partial charge in [-0.25, -0.2) is 5.01 Å². The van der Waals surface area contributed by atoms with Gasteiger partial charge < -0.3 is 9.15 Å². The summed E-state index contributed by atoms with van der Waals surface area (Å²) >= 11 is 0. The van der Waals surface area contributed by atoms with E-state index in [1.807, 2.05) is 43.3 Å². The van der Waals surface area contributed by atoms with Crippen LogP contribution in [0.15, 0.2) is 64.3 Å². The number of allylic oxidation sites excluding steroid dienone is 2. The molecule has 2 atom stereocenters. The molecule has 150 valence electrons. The van der Waals surface area contributed by atoms with Gasteiger partial charge >= 0.3 is 5.97 Å². The van der Waals surface area contributed by atoms with Crippen molar-refractivity contribution in [3.05, 3.63) is 71.7 Å². The molecule has 1 aliphatic heterocycles. The van der Waals surface area contributed by atoms with Crippen molar-refractivity contribution in [2.45, 2.75) is 38.6 Å². The lowest BCUT2D eigenvalue weighted by Crippen LogP contribution is -2.32. The number of hydrogen-bond acceptors (Lipinski definition) is 5. The van der Waals surface area contributed by atoms with Crippen LogP contribution in [0.25, 0.3) is 0 Å². The lowest BCUT2D eigenvalue weighted by Gasteiger charge is -2.21. The molecule has 1 aliphatic carbocycles. The van der Waals surface area contributed by atoms with E-state index in [1.54, 1.807) is 12.3 Å². The highest BCUT2D eigenvalue weighted by atomic mass is 16.5. The third-order valence-corrected chi connectivity index (χ3v) is 5.36. The molecule has 6 nitrogen and oxygen atoms in total. The van der Waals surface area contributed by atoms with Gasteiger partial charge in [0.25, 0.3) is 5.91 Å². The number of nitrogens with zero attached hydrogens (tertiary/aromatic N) is 2. The van der Waals surface area contributed by atoms with Crippen molar-refractivity contribution in [3.8, 4) is 0 Å². The van der Waals surface area contributed by atoms with Gasteiger partial charge in [0.2, 0.25) is 0 Å². The van der Waals surface area contributed by atoms with Gasteiger partial charge in [-0.2, -0.15) is 5.10 Å². The normalized spacial score (nSPS) is 21.1. The first-order valence-electron chi connectivity index (χ1n) is 9.93. The van der Waals surface area contributed by atoms with Crippen LogP contribution in [0.1, 0.15) is 48.6 Å². The number of esters is 1. The second kappa shape index (κ2) is 8.47. The maximum atomic E-state index is 12.9. The fourth-order valence-corrected chi connectivity index (χ4v) is 3.69. The lowest BCUT2D eigenvalue weighted by atomic mass is 9.95. The minimum Gasteiger partial charge on any atom is -0.467 e. The second-order valence-electron chi connectivity index (χ2n) is 7.48. The third-order valence-electron chi connectivity index (χ3n) is 5.36. The highest BCUT2D eigenvalue weighted by Crippen LogP contribution is 2.33. The highest BCUT2D eigenvalue weighted by molar-refractivity contribution is 6.03. The largest absolute Gasteiger partial charge is 0.467 e. The van der Waals surface area contributed by atoms with Gasteiger partial charge in [-0.15, -0.1) is 0 Å². The first-order valence-corrected chi connectivity index (χ1v) is 9.93. The standard InChI is InChI=1S/C23H24N2O4/c1-16-9-11-17(12-10-16)19-14-20(21-8-5-13-28-21)25(24-19)22(26)15-29-23(27)18-6-3-2-4-7-18/h2-3,5,8-13,18,20H,4,6-7,14-15H2,1H3/t18-,20+/m1/s1. The molecule has 0 saturated heterocycles. The molecule has 0 fully saturated rings. The summed E-state index contributed by atoms with van der Waals surface area (Å²) in [7, 11) is 0. The molecule has 1 amide bonds. The molecule has 2 heterocycles. The van der Waals surface area contributed by atoms with Crippen molar-refractivity contribution in [1.82, 2.24) is 5.01 Å². The molecular formula is C23H24N2O4. The number of carbonyl (C=O) groups is 2. The fourth-order valence-electron chi connectivity index (χ4n) is 3.69. The summed E-state index contributed by atoms with van der Waals surface area (Å²) in [5.74, 6) is -0.181. The first kappa shape index (κ1) is 19.2. The van der Waals surface area contributed by atoms with Crippen molar-refractivity contribution in [2.24, 2.45) is 11.0 Å². The van der Waals surface area contributed by atoms with Gasteiger partial charge in [0.15, 0.2) is 6.61 Å². The number of hydrazone groups is 1. The van der Waals surface area contributed by atoms with Gasteiger partial charge in [0.1, 0.15) is 11.8 Å². The zero-order valence-corrected chi connectivity index (χ0v) is 16.4. The van der Waals surface area contributed by atoms with E-state index in [-0.39, 0.29) is 30.4 Å². The van der Waals surface area contributed by atoms with Crippen LogP contribution >= 0.6 is 0 Å². The lowest BCUT2D eigenvalue weighted by molar-refractivity contribution is -0.156. The molecule has 0 unspecified atom stereocenters. The van der Waals surface area contributed by atoms with Gasteiger partial charge in [-0.3, -0.25) is 9.59 Å². The van der Waals surface area contributed by atoms with Crippen LogP contribution < -0.4 is 0 Å². The van der Waals surface area contributed by atoms with Crippen molar-refractivity contribution in [2.75, 3.05) is 6.61 Å². The van der Waals surface area contributed by atoms with Crippen molar-refractivity contribution >= 4 is 17.6 Å². The summed E-state index contributed by atoms with van der Waals surface area (Å²) in [4.78, 5) is 25.1. The molecule has 0 bridgehead atoms. The summed E-state index contributed by atoms with van der Waals surface area (Å²) < 4.78 is 10.9. The predicted molar refractivity (Wildman–Crippen MR) is 108 cm³/mol. The van der Waals surface area contributed by atoms with Crippen LogP contribution in [0.5, 0.6) is 0 Å². The Hall–Kier alpha value is -3.15. The number of ether oxygens (including phenoxy) is 1. The van der Waals surface area contributed by atoms with Crippen LogP contribution in [-0.2, 0) is 14.3 Å². The monoisotopic (exact) mass is 392 g/mol. The molecule has 2 aromatic rings. The first-order chi connectivity index (χ1) is 14.1. The van der Waals surface area contributed by atoms with E-state index in [1.165, 1.54) is 5.01 Å². The van der Waals surface area contributed by atoms with E-state index >= 15 is 0 Å². The molecule has 6 heteroatoms. The Morgan fingerprint density at radius 3 is 2.72 bits per heavy atom. The van der Waals surface area contributed by atoms with E-state index in [9.17, 15) is 9.59 Å². The number of carbonyl (C=O) groups excluding carboxylic acids is 2. The molecule has 0 radical (unpaired) electrons. The molecule has 0 N–H and O–H groups in total. The minimum absolute atomic E-state index is 0.168. The number of rotatable bonds is 5. The van der Waals surface area contributed by atoms with E-state index in [0.717, 1.165) is 29.7 Å². The summed E-state index contributed by atoms with van der Waals surface area (Å²) in [5.41, 5.74) is 2.93. The smallest absolute Gasteiger partial charge is 0.309 e. The number of amides is 1. The zero-order chi connectivity index (χ0) is 20.2. The molecule has 2 aliphatic rings. The van der Waals surface area contributed by atoms with E-state index < -0.39 is 0 Å². The van der Waals surface area contributed by atoms with Gasteiger partial charge in [0, 0.05) is 6.42 Å². The van der Waals surface area contributed by atoms with E-state index in [0.29, 0.717) is 18.6 Å². The Bertz CT molecular complexity index is 928. The topological polar surface area (TPSA) is 72.1 Å². The Morgan fingerprint density at radius 2 is 2.03 bits per heavy atom. The van der Waals surface area contributed by atoms with Gasteiger partial charge in [-0.1, -0.05) is 42.0 Å². The molecule has 4 rings (SSSR count). The number of aryl methyl sites for hydroxylation is 1. The van der Waals surface area contributed by atoms with Gasteiger partial charge in [0.05, 0.1) is 17.9 Å². The summed E-state index contributed by atoms with van der Waals surface area (Å²) in [6.45, 7) is 1.71. The molecular weight excluding hydrogens is 368 g/mol. The zero-order valence-electron chi connectivity index (χ0n) is 16.4. The van der Waals surface area contributed by atoms with Gasteiger partial charge in [-0.05, 0) is 43.9 Å². The number of furan rings is 1. The Morgan fingerprint density at radius 1 is 1.21 bits per heavy atom. The van der Waals surface area contributed by atoms with Crippen LogP contribution in [0.2, 0.25) is 0 Å². The van der Waals surface area contributed by atoms with Crippen LogP contribution in [-0.4, -0.2) is 29.2 Å². The minimum atomic E-state index is -0.354. The molecule has 0 saturated carbocycles. The SMILES string of the molecule is Cc1ccc(C2=NN(C(=O)COC(=O)[C@@H]3CC=CCC3)[C@H](c3ccco3)C2)cc1. The predicted octanol–water partition coefficient (Wildman–Crippen LogP) is 4.17. The van der Waals surface area contributed by atoms with Crippen molar-refractivity contribution < 1.29 is 18.7 Å². The molecule has 0 spiro atoms. The molecule has 29 heavy (non-hydrogen) atoms. The molecule has 1 aromatic carbocycles. The summed E-state index contributed by atoms with van der Waals surface area (Å²) in [6, 6.07) is 11.3. The Labute approximate surface area is 169 Å². The van der Waals surface area contributed by atoms with Crippen LogP contribution in [0.3, 0.4) is 0 Å². The number of hydrogen-bond donors (Lipinski definition) is 0. The van der Waals surface area contributed by atoms with Crippen LogP contribution in [0.4, 0.5) is 0 Å². The highest BCUT2D eigenvalue weighted by Gasteiger charge is 2.35. The summed E-state index contributed by atoms with van der Waals surface area (Å²) in [5, 5.41) is 5.94. The molecule has 1 aromatic heterocycles. The fraction of sp³-hybridized carbons (Fsp3) is 0.348. The average Bonchev–Trinajstić information content (AvgIpc) is 3.43. The maximum absolute atomic E-state index is 12.9. The number of benzene rings is 1. The Kier molecular flexibility index (Phi) is 5.60.